The van der Waals surface area contributed by atoms with Gasteiger partial charge in [-0.25, -0.2) is 4.68 Å². The first kappa shape index (κ1) is 30.3. The van der Waals surface area contributed by atoms with Gasteiger partial charge < -0.3 is 19.6 Å². The number of thioether (sulfide) groups is 1. The van der Waals surface area contributed by atoms with Gasteiger partial charge in [0, 0.05) is 24.9 Å². The Balaban J connectivity index is 1.46. The van der Waals surface area contributed by atoms with Crippen molar-refractivity contribution in [2.24, 2.45) is 17.8 Å². The van der Waals surface area contributed by atoms with Gasteiger partial charge in [0.2, 0.25) is 11.8 Å². The molecule has 1 spiro atoms. The predicted molar refractivity (Wildman–Crippen MR) is 161 cm³/mol. The van der Waals surface area contributed by atoms with Gasteiger partial charge in [0.15, 0.2) is 0 Å². The van der Waals surface area contributed by atoms with E-state index in [0.717, 1.165) is 36.7 Å². The zero-order valence-electron chi connectivity index (χ0n) is 24.3. The van der Waals surface area contributed by atoms with E-state index >= 15 is 0 Å². The highest BCUT2D eigenvalue weighted by molar-refractivity contribution is 8.02. The second-order valence-corrected chi connectivity index (χ2v) is 13.1. The highest BCUT2D eigenvalue weighted by Gasteiger charge is 2.76. The number of hydrogen-bond donors (Lipinski definition) is 1. The molecular formula is C31H41N5O5S. The second-order valence-electron chi connectivity index (χ2n) is 11.5. The van der Waals surface area contributed by atoms with E-state index in [9.17, 15) is 19.5 Å². The minimum atomic E-state index is -0.751. The van der Waals surface area contributed by atoms with Crippen molar-refractivity contribution in [3.05, 3.63) is 49.6 Å². The summed E-state index contributed by atoms with van der Waals surface area (Å²) in [6.07, 6.45) is 7.83. The number of rotatable bonds is 15. The van der Waals surface area contributed by atoms with Gasteiger partial charge >= 0.3 is 5.97 Å². The average molecular weight is 596 g/mol. The fourth-order valence-corrected chi connectivity index (χ4v) is 9.49. The Morgan fingerprint density at radius 2 is 2.02 bits per heavy atom. The van der Waals surface area contributed by atoms with Gasteiger partial charge in [-0.15, -0.1) is 30.0 Å². The number of carbonyl (C=O) groups excluding carboxylic acids is 3. The largest absolute Gasteiger partial charge is 0.465 e. The molecule has 3 saturated heterocycles. The maximum absolute atomic E-state index is 14.6. The topological polar surface area (TPSA) is 118 Å². The van der Waals surface area contributed by atoms with Gasteiger partial charge in [-0.2, -0.15) is 0 Å². The lowest BCUT2D eigenvalue weighted by molar-refractivity contribution is -0.154. The number of esters is 1. The first-order valence-corrected chi connectivity index (χ1v) is 15.8. The summed E-state index contributed by atoms with van der Waals surface area (Å²) >= 11 is 1.64. The summed E-state index contributed by atoms with van der Waals surface area (Å²) in [4.78, 5) is 45.7. The third-order valence-electron chi connectivity index (χ3n) is 8.99. The predicted octanol–water partition coefficient (Wildman–Crippen LogP) is 3.41. The molecule has 42 heavy (non-hydrogen) atoms. The minimum Gasteiger partial charge on any atom is -0.465 e. The van der Waals surface area contributed by atoms with Crippen molar-refractivity contribution in [1.82, 2.24) is 24.8 Å². The Labute approximate surface area is 251 Å². The number of para-hydroxylation sites is 1. The van der Waals surface area contributed by atoms with Crippen LogP contribution in [0.15, 0.2) is 49.6 Å². The molecule has 3 fully saturated rings. The number of carbonyl (C=O) groups is 3. The first-order chi connectivity index (χ1) is 20.4. The van der Waals surface area contributed by atoms with Crippen LogP contribution in [0.3, 0.4) is 0 Å². The standard InChI is InChI=1S/C31H41N5O5S/c1-4-6-7-12-18-41-30(40)25-24-19-21(3)31(42-24)26(25)28(38)35(16-10-11-17-37)27(31)29(39)34(15-5-2)20-36-23-14-9-8-13-22(23)32-33-36/h4-5,8-9,13-14,21,24-27,37H,1-2,6-7,10-12,15-20H2,3H3/t21?,24-,25+,26+,27?,31?/m1/s1. The number of nitrogens with zero attached hydrogens (tertiary/aromatic N) is 5. The van der Waals surface area contributed by atoms with Crippen molar-refractivity contribution in [3.63, 3.8) is 0 Å². The summed E-state index contributed by atoms with van der Waals surface area (Å²) in [6, 6.07) is 6.82. The van der Waals surface area contributed by atoms with Crippen LogP contribution in [0, 0.1) is 17.8 Å². The number of unbranched alkanes of at least 4 members (excludes halogenated alkanes) is 3. The molecule has 3 aliphatic rings. The summed E-state index contributed by atoms with van der Waals surface area (Å²) in [6.45, 7) is 10.8. The van der Waals surface area contributed by atoms with Crippen molar-refractivity contribution in [3.8, 4) is 0 Å². The van der Waals surface area contributed by atoms with Crippen molar-refractivity contribution in [2.75, 3.05) is 26.3 Å². The van der Waals surface area contributed by atoms with Crippen LogP contribution >= 0.6 is 11.8 Å². The van der Waals surface area contributed by atoms with Crippen LogP contribution in [0.1, 0.15) is 45.4 Å². The van der Waals surface area contributed by atoms with Crippen LogP contribution < -0.4 is 0 Å². The van der Waals surface area contributed by atoms with Crippen LogP contribution in [0.4, 0.5) is 0 Å². The molecule has 1 N–H and O–H groups in total. The smallest absolute Gasteiger partial charge is 0.310 e. The third kappa shape index (κ3) is 5.25. The fourth-order valence-electron chi connectivity index (χ4n) is 7.09. The summed E-state index contributed by atoms with van der Waals surface area (Å²) in [7, 11) is 0. The molecule has 226 valence electrons. The molecule has 0 saturated carbocycles. The highest BCUT2D eigenvalue weighted by Crippen LogP contribution is 2.68. The van der Waals surface area contributed by atoms with E-state index in [2.05, 4.69) is 30.4 Å². The number of aliphatic hydroxyl groups is 1. The van der Waals surface area contributed by atoms with Gasteiger partial charge in [-0.3, -0.25) is 14.4 Å². The zero-order chi connectivity index (χ0) is 29.9. The number of ether oxygens (including phenoxy) is 1. The summed E-state index contributed by atoms with van der Waals surface area (Å²) < 4.78 is 6.67. The number of likely N-dealkylation sites (tertiary alicyclic amines) is 1. The molecule has 6 atom stereocenters. The van der Waals surface area contributed by atoms with Crippen molar-refractivity contribution < 1.29 is 24.2 Å². The van der Waals surface area contributed by atoms with Crippen LogP contribution in [0.2, 0.25) is 0 Å². The Morgan fingerprint density at radius 3 is 2.79 bits per heavy atom. The van der Waals surface area contributed by atoms with Crippen molar-refractivity contribution in [1.29, 1.82) is 0 Å². The Bertz CT molecular complexity index is 1330. The van der Waals surface area contributed by atoms with Gasteiger partial charge in [0.05, 0.1) is 28.7 Å². The molecule has 3 aliphatic heterocycles. The fraction of sp³-hybridized carbons (Fsp3) is 0.581. The van der Waals surface area contributed by atoms with E-state index in [4.69, 9.17) is 4.74 Å². The molecule has 1 aromatic carbocycles. The van der Waals surface area contributed by atoms with Crippen molar-refractivity contribution >= 4 is 40.6 Å². The molecule has 0 radical (unpaired) electrons. The van der Waals surface area contributed by atoms with Crippen molar-refractivity contribution in [2.45, 2.75) is 68.2 Å². The third-order valence-corrected chi connectivity index (χ3v) is 11.1. The molecule has 2 aromatic rings. The molecule has 2 amide bonds. The van der Waals surface area contributed by atoms with E-state index < -0.39 is 22.6 Å². The van der Waals surface area contributed by atoms with Gasteiger partial charge in [-0.1, -0.05) is 36.4 Å². The maximum Gasteiger partial charge on any atom is 0.310 e. The number of allylic oxidation sites excluding steroid dienone is 1. The number of aromatic nitrogens is 3. The number of amides is 2. The summed E-state index contributed by atoms with van der Waals surface area (Å²) in [5.41, 5.74) is 1.53. The number of hydrogen-bond acceptors (Lipinski definition) is 8. The zero-order valence-corrected chi connectivity index (χ0v) is 25.1. The van der Waals surface area contributed by atoms with E-state index in [-0.39, 0.29) is 48.8 Å². The summed E-state index contributed by atoms with van der Waals surface area (Å²) in [5.74, 6) is -1.84. The SMILES string of the molecule is C=CCCCCOC(=O)[C@@H]1[C@H]2C(=O)N(CCCCO)C(C(=O)N(CC=C)Cn3nnc4ccccc43)C23S[C@@H]1CC3C. The van der Waals surface area contributed by atoms with Crippen LogP contribution in [-0.2, 0) is 25.8 Å². The molecule has 5 rings (SSSR count). The Hall–Kier alpha value is -3.18. The molecule has 2 bridgehead atoms. The molecule has 3 unspecified atom stereocenters. The average Bonchev–Trinajstić information content (AvgIpc) is 3.70. The Kier molecular flexibility index (Phi) is 9.37. The highest BCUT2D eigenvalue weighted by atomic mass is 32.2. The van der Waals surface area contributed by atoms with Crippen LogP contribution in [0.5, 0.6) is 0 Å². The number of aliphatic hydroxyl groups excluding tert-OH is 1. The lowest BCUT2D eigenvalue weighted by Gasteiger charge is -2.40. The quantitative estimate of drug-likeness (QED) is 0.189. The summed E-state index contributed by atoms with van der Waals surface area (Å²) in [5, 5.41) is 17.9. The monoisotopic (exact) mass is 595 g/mol. The Morgan fingerprint density at radius 1 is 1.21 bits per heavy atom. The van der Waals surface area contributed by atoms with Crippen LogP contribution in [0.25, 0.3) is 11.0 Å². The maximum atomic E-state index is 14.6. The minimum absolute atomic E-state index is 0.00517. The van der Waals surface area contributed by atoms with Crippen LogP contribution in [-0.4, -0.2) is 90.0 Å². The van der Waals surface area contributed by atoms with E-state index in [1.54, 1.807) is 32.3 Å². The molecule has 4 heterocycles. The molecule has 11 heteroatoms. The first-order valence-electron chi connectivity index (χ1n) is 14.9. The lowest BCUT2D eigenvalue weighted by atomic mass is 9.66. The molecular weight excluding hydrogens is 554 g/mol. The molecule has 0 aliphatic carbocycles. The van der Waals surface area contributed by atoms with Gasteiger partial charge in [-0.05, 0) is 56.6 Å². The molecule has 1 aromatic heterocycles. The number of benzene rings is 1. The lowest BCUT2D eigenvalue weighted by Crippen LogP contribution is -2.57. The second kappa shape index (κ2) is 13.0. The van der Waals surface area contributed by atoms with E-state index in [0.29, 0.717) is 26.0 Å². The molecule has 10 nitrogen and oxygen atoms in total. The number of fused-ring (bicyclic) bond motifs is 2. The van der Waals surface area contributed by atoms with Gasteiger partial charge in [0.25, 0.3) is 0 Å². The normalized spacial score (nSPS) is 27.8. The van der Waals surface area contributed by atoms with Gasteiger partial charge in [0.1, 0.15) is 18.2 Å². The van der Waals surface area contributed by atoms with E-state index in [1.165, 1.54) is 0 Å². The van der Waals surface area contributed by atoms with E-state index in [1.807, 2.05) is 30.3 Å².